The van der Waals surface area contributed by atoms with E-state index in [0.29, 0.717) is 0 Å². The number of rotatable bonds is 5. The summed E-state index contributed by atoms with van der Waals surface area (Å²) in [6.45, 7) is 0. The number of benzene rings is 1. The van der Waals surface area contributed by atoms with Crippen molar-refractivity contribution in [3.63, 3.8) is 0 Å². The molecule has 2 aliphatic rings. The maximum absolute atomic E-state index is 5.97. The summed E-state index contributed by atoms with van der Waals surface area (Å²) in [5.41, 5.74) is 6.11. The normalized spacial score (nSPS) is 23.2. The van der Waals surface area contributed by atoms with Crippen molar-refractivity contribution in [1.82, 2.24) is 10.3 Å². The Bertz CT molecular complexity index is 456. The van der Waals surface area contributed by atoms with Gasteiger partial charge in [-0.3, -0.25) is 11.3 Å². The second-order valence-corrected chi connectivity index (χ2v) is 7.10. The predicted octanol–water partition coefficient (Wildman–Crippen LogP) is 3.33. The minimum Gasteiger partial charge on any atom is -0.302 e. The van der Waals surface area contributed by atoms with Crippen molar-refractivity contribution in [1.29, 1.82) is 0 Å². The fourth-order valence-electron chi connectivity index (χ4n) is 4.25. The lowest BCUT2D eigenvalue weighted by Crippen LogP contribution is -2.53. The Morgan fingerprint density at radius 3 is 2.14 bits per heavy atom. The number of likely N-dealkylation sites (N-methyl/N-ethyl adjacent to an activating group) is 1. The lowest BCUT2D eigenvalue weighted by atomic mass is 9.78. The number of hydrogen-bond acceptors (Lipinski definition) is 3. The zero-order valence-electron chi connectivity index (χ0n) is 13.4. The third kappa shape index (κ3) is 2.63. The molecule has 0 aliphatic heterocycles. The molecule has 3 rings (SSSR count). The van der Waals surface area contributed by atoms with Crippen LogP contribution in [0.15, 0.2) is 24.3 Å². The number of hydrogen-bond donors (Lipinski definition) is 2. The first-order valence-electron chi connectivity index (χ1n) is 8.41. The predicted molar refractivity (Wildman–Crippen MR) is 88.0 cm³/mol. The highest BCUT2D eigenvalue weighted by Crippen LogP contribution is 2.43. The molecule has 1 atom stereocenters. The van der Waals surface area contributed by atoms with Crippen molar-refractivity contribution in [3.8, 4) is 0 Å². The number of nitrogens with one attached hydrogen (secondary N) is 1. The third-order valence-electron chi connectivity index (χ3n) is 5.91. The van der Waals surface area contributed by atoms with Gasteiger partial charge in [0, 0.05) is 5.54 Å². The van der Waals surface area contributed by atoms with Gasteiger partial charge in [0.05, 0.1) is 6.04 Å². The summed E-state index contributed by atoms with van der Waals surface area (Å²) in [6.07, 6.45) is 9.16. The topological polar surface area (TPSA) is 41.3 Å². The van der Waals surface area contributed by atoms with E-state index in [1.807, 2.05) is 0 Å². The zero-order chi connectivity index (χ0) is 14.9. The molecule has 1 aromatic carbocycles. The van der Waals surface area contributed by atoms with Crippen LogP contribution in [0.2, 0.25) is 0 Å². The number of nitrogens with two attached hydrogens (primary N) is 1. The molecule has 116 valence electrons. The van der Waals surface area contributed by atoms with E-state index in [2.05, 4.69) is 48.7 Å². The van der Waals surface area contributed by atoms with Crippen LogP contribution >= 0.6 is 0 Å². The Kier molecular flexibility index (Phi) is 4.34. The SMILES string of the molecule is CN(C)C1(C(NN)c2ccc(C3CCC3)cc2)CCCC1. The quantitative estimate of drug-likeness (QED) is 0.645. The first kappa shape index (κ1) is 15.0. The Hall–Kier alpha value is -0.900. The molecule has 3 nitrogen and oxygen atoms in total. The van der Waals surface area contributed by atoms with E-state index in [1.165, 1.54) is 56.1 Å². The first-order valence-corrected chi connectivity index (χ1v) is 8.41. The van der Waals surface area contributed by atoms with Crippen molar-refractivity contribution >= 4 is 0 Å². The van der Waals surface area contributed by atoms with E-state index in [4.69, 9.17) is 5.84 Å². The standard InChI is InChI=1S/C18H29N3/c1-21(2)18(12-3-4-13-18)17(20-19)16-10-8-15(9-11-16)14-6-5-7-14/h8-11,14,17,20H,3-7,12-13,19H2,1-2H3. The lowest BCUT2D eigenvalue weighted by molar-refractivity contribution is 0.105. The van der Waals surface area contributed by atoms with Gasteiger partial charge in [-0.1, -0.05) is 43.5 Å². The maximum Gasteiger partial charge on any atom is 0.0643 e. The summed E-state index contributed by atoms with van der Waals surface area (Å²) in [4.78, 5) is 2.38. The largest absolute Gasteiger partial charge is 0.302 e. The molecule has 0 spiro atoms. The average Bonchev–Trinajstić information content (AvgIpc) is 2.90. The molecule has 0 heterocycles. The molecule has 2 aliphatic carbocycles. The summed E-state index contributed by atoms with van der Waals surface area (Å²) >= 11 is 0. The van der Waals surface area contributed by atoms with Crippen molar-refractivity contribution < 1.29 is 0 Å². The fourth-order valence-corrected chi connectivity index (χ4v) is 4.25. The Morgan fingerprint density at radius 1 is 1.10 bits per heavy atom. The van der Waals surface area contributed by atoms with Gasteiger partial charge in [-0.25, -0.2) is 0 Å². The molecule has 0 saturated heterocycles. The van der Waals surface area contributed by atoms with Crippen LogP contribution in [0.1, 0.15) is 68.0 Å². The van der Waals surface area contributed by atoms with Crippen molar-refractivity contribution in [2.24, 2.45) is 5.84 Å². The highest BCUT2D eigenvalue weighted by molar-refractivity contribution is 5.30. The van der Waals surface area contributed by atoms with Gasteiger partial charge in [0.1, 0.15) is 0 Å². The molecular weight excluding hydrogens is 258 g/mol. The molecule has 2 saturated carbocycles. The summed E-state index contributed by atoms with van der Waals surface area (Å²) in [6, 6.07) is 9.44. The zero-order valence-corrected chi connectivity index (χ0v) is 13.4. The van der Waals surface area contributed by atoms with E-state index < -0.39 is 0 Å². The summed E-state index contributed by atoms with van der Waals surface area (Å²) in [5.74, 6) is 6.77. The monoisotopic (exact) mass is 287 g/mol. The van der Waals surface area contributed by atoms with E-state index in [0.717, 1.165) is 5.92 Å². The Morgan fingerprint density at radius 2 is 1.71 bits per heavy atom. The van der Waals surface area contributed by atoms with Crippen LogP contribution in [0.4, 0.5) is 0 Å². The second kappa shape index (κ2) is 6.07. The van der Waals surface area contributed by atoms with Crippen LogP contribution in [0.3, 0.4) is 0 Å². The molecule has 0 amide bonds. The smallest absolute Gasteiger partial charge is 0.0643 e. The van der Waals surface area contributed by atoms with Crippen molar-refractivity contribution in [2.75, 3.05) is 14.1 Å². The summed E-state index contributed by atoms with van der Waals surface area (Å²) in [5, 5.41) is 0. The van der Waals surface area contributed by atoms with Gasteiger partial charge < -0.3 is 4.90 Å². The molecule has 21 heavy (non-hydrogen) atoms. The van der Waals surface area contributed by atoms with Crippen LogP contribution in [0.5, 0.6) is 0 Å². The highest BCUT2D eigenvalue weighted by atomic mass is 15.3. The third-order valence-corrected chi connectivity index (χ3v) is 5.91. The van der Waals surface area contributed by atoms with Gasteiger partial charge in [-0.15, -0.1) is 0 Å². The van der Waals surface area contributed by atoms with Crippen LogP contribution in [-0.4, -0.2) is 24.5 Å². The highest BCUT2D eigenvalue weighted by Gasteiger charge is 2.43. The molecule has 0 aromatic heterocycles. The Balaban J connectivity index is 1.84. The second-order valence-electron chi connectivity index (χ2n) is 7.10. The van der Waals surface area contributed by atoms with Crippen molar-refractivity contribution in [3.05, 3.63) is 35.4 Å². The molecule has 3 N–H and O–H groups in total. The van der Waals surface area contributed by atoms with Gasteiger partial charge in [0.2, 0.25) is 0 Å². The average molecular weight is 287 g/mol. The Labute approximate surface area is 128 Å². The summed E-state index contributed by atoms with van der Waals surface area (Å²) < 4.78 is 0. The van der Waals surface area contributed by atoms with E-state index in [1.54, 1.807) is 0 Å². The molecule has 1 unspecified atom stereocenters. The number of hydrazine groups is 1. The first-order chi connectivity index (χ1) is 10.2. The van der Waals surface area contributed by atoms with Crippen LogP contribution < -0.4 is 11.3 Å². The van der Waals surface area contributed by atoms with Gasteiger partial charge in [-0.05, 0) is 56.8 Å². The molecule has 0 bridgehead atoms. The van der Waals surface area contributed by atoms with Crippen LogP contribution in [-0.2, 0) is 0 Å². The molecular formula is C18H29N3. The van der Waals surface area contributed by atoms with Crippen molar-refractivity contribution in [2.45, 2.75) is 62.4 Å². The lowest BCUT2D eigenvalue weighted by Gasteiger charge is -2.43. The van der Waals surface area contributed by atoms with Crippen LogP contribution in [0, 0.1) is 0 Å². The molecule has 3 heteroatoms. The minimum atomic E-state index is 0.159. The van der Waals surface area contributed by atoms with Gasteiger partial charge >= 0.3 is 0 Å². The molecule has 1 aromatic rings. The number of nitrogens with zero attached hydrogens (tertiary/aromatic N) is 1. The summed E-state index contributed by atoms with van der Waals surface area (Å²) in [7, 11) is 4.39. The molecule has 2 fully saturated rings. The van der Waals surface area contributed by atoms with Crippen LogP contribution in [0.25, 0.3) is 0 Å². The molecule has 0 radical (unpaired) electrons. The van der Waals surface area contributed by atoms with Gasteiger partial charge in [-0.2, -0.15) is 0 Å². The maximum atomic E-state index is 5.97. The van der Waals surface area contributed by atoms with E-state index in [9.17, 15) is 0 Å². The van der Waals surface area contributed by atoms with Gasteiger partial charge in [0.25, 0.3) is 0 Å². The fraction of sp³-hybridized carbons (Fsp3) is 0.667. The minimum absolute atomic E-state index is 0.159. The van der Waals surface area contributed by atoms with Gasteiger partial charge in [0.15, 0.2) is 0 Å². The van der Waals surface area contributed by atoms with E-state index in [-0.39, 0.29) is 11.6 Å². The van der Waals surface area contributed by atoms with E-state index >= 15 is 0 Å².